The van der Waals surface area contributed by atoms with Crippen LogP contribution in [-0.2, 0) is 0 Å². The first kappa shape index (κ1) is 12.2. The number of nitrogens with one attached hydrogen (secondary N) is 1. The second-order valence-corrected chi connectivity index (χ2v) is 3.78. The number of hydrogen-bond acceptors (Lipinski definition) is 2. The summed E-state index contributed by atoms with van der Waals surface area (Å²) in [4.78, 5) is 12.5. The lowest BCUT2D eigenvalue weighted by molar-refractivity contribution is 0.248. The van der Waals surface area contributed by atoms with Crippen LogP contribution in [0.4, 0.5) is 4.79 Å². The molecular formula is C8H17N3OS. The third-order valence-electron chi connectivity index (χ3n) is 1.58. The maximum atomic E-state index is 10.6. The van der Waals surface area contributed by atoms with Gasteiger partial charge in [0.25, 0.3) is 0 Å². The topological polar surface area (TPSA) is 58.4 Å². The molecule has 0 heterocycles. The zero-order valence-corrected chi connectivity index (χ0v) is 9.31. The van der Waals surface area contributed by atoms with Crippen molar-refractivity contribution in [3.8, 4) is 0 Å². The van der Waals surface area contributed by atoms with E-state index in [9.17, 15) is 4.79 Å². The quantitative estimate of drug-likeness (QED) is 0.660. The number of thiocarbonyl (C=S) groups is 1. The molecule has 3 N–H and O–H groups in total. The van der Waals surface area contributed by atoms with Crippen LogP contribution in [0, 0.1) is 0 Å². The van der Waals surface area contributed by atoms with E-state index in [0.29, 0.717) is 5.11 Å². The number of urea groups is 1. The molecule has 0 atom stereocenters. The second kappa shape index (κ2) is 5.01. The predicted molar refractivity (Wildman–Crippen MR) is 57.4 cm³/mol. The van der Waals surface area contributed by atoms with Gasteiger partial charge in [-0.1, -0.05) is 0 Å². The summed E-state index contributed by atoms with van der Waals surface area (Å²) in [6.45, 7) is 8.04. The highest BCUT2D eigenvalue weighted by Gasteiger charge is 2.17. The molecule has 0 aliphatic carbocycles. The van der Waals surface area contributed by atoms with Crippen molar-refractivity contribution < 1.29 is 4.79 Å². The van der Waals surface area contributed by atoms with E-state index in [2.05, 4.69) is 5.32 Å². The molecule has 0 aliphatic rings. The molecule has 0 aromatic carbocycles. The average Bonchev–Trinajstić information content (AvgIpc) is 1.81. The molecule has 2 amide bonds. The van der Waals surface area contributed by atoms with Crippen LogP contribution >= 0.6 is 12.2 Å². The standard InChI is InChI=1S/C8H17N3OS/c1-5(2)11(6(3)4)8(13)10-7(9)12/h5-6H,1-4H3,(H3,9,10,12,13). The Labute approximate surface area is 84.5 Å². The Hall–Kier alpha value is -0.840. The Morgan fingerprint density at radius 2 is 1.69 bits per heavy atom. The summed E-state index contributed by atoms with van der Waals surface area (Å²) < 4.78 is 0. The third-order valence-corrected chi connectivity index (χ3v) is 1.89. The molecule has 0 spiro atoms. The molecule has 0 radical (unpaired) electrons. The van der Waals surface area contributed by atoms with Crippen LogP contribution in [0.3, 0.4) is 0 Å². The van der Waals surface area contributed by atoms with Crippen LogP contribution in [0.2, 0.25) is 0 Å². The van der Waals surface area contributed by atoms with E-state index in [1.807, 2.05) is 32.6 Å². The Bertz CT molecular complexity index is 196. The van der Waals surface area contributed by atoms with E-state index in [-0.39, 0.29) is 12.1 Å². The monoisotopic (exact) mass is 203 g/mol. The minimum Gasteiger partial charge on any atom is -0.351 e. The lowest BCUT2D eigenvalue weighted by atomic mass is 10.2. The van der Waals surface area contributed by atoms with Gasteiger partial charge in [0, 0.05) is 12.1 Å². The summed E-state index contributed by atoms with van der Waals surface area (Å²) in [7, 11) is 0. The maximum absolute atomic E-state index is 10.6. The molecular weight excluding hydrogens is 186 g/mol. The molecule has 4 nitrogen and oxygen atoms in total. The molecule has 13 heavy (non-hydrogen) atoms. The van der Waals surface area contributed by atoms with Crippen LogP contribution < -0.4 is 11.1 Å². The van der Waals surface area contributed by atoms with Crippen LogP contribution in [0.25, 0.3) is 0 Å². The molecule has 5 heteroatoms. The summed E-state index contributed by atoms with van der Waals surface area (Å²) in [5.74, 6) is 0. The van der Waals surface area contributed by atoms with Crippen molar-refractivity contribution in [2.75, 3.05) is 0 Å². The SMILES string of the molecule is CC(C)N(C(=S)NC(N)=O)C(C)C. The van der Waals surface area contributed by atoms with Gasteiger partial charge in [0.1, 0.15) is 0 Å². The summed E-state index contributed by atoms with van der Waals surface area (Å²) >= 11 is 5.02. The summed E-state index contributed by atoms with van der Waals surface area (Å²) in [6, 6.07) is -0.116. The summed E-state index contributed by atoms with van der Waals surface area (Å²) in [6.07, 6.45) is 0. The lowest BCUT2D eigenvalue weighted by Crippen LogP contribution is -2.50. The highest BCUT2D eigenvalue weighted by Crippen LogP contribution is 2.04. The number of carbonyl (C=O) groups excluding carboxylic acids is 1. The second-order valence-electron chi connectivity index (χ2n) is 3.39. The number of rotatable bonds is 2. The van der Waals surface area contributed by atoms with Crippen molar-refractivity contribution >= 4 is 23.4 Å². The zero-order chi connectivity index (χ0) is 10.6. The maximum Gasteiger partial charge on any atom is 0.318 e. The molecule has 0 aromatic rings. The van der Waals surface area contributed by atoms with Gasteiger partial charge in [-0.05, 0) is 39.9 Å². The van der Waals surface area contributed by atoms with Gasteiger partial charge < -0.3 is 10.6 Å². The summed E-state index contributed by atoms with van der Waals surface area (Å²) in [5, 5.41) is 2.79. The van der Waals surface area contributed by atoms with Crippen LogP contribution in [-0.4, -0.2) is 28.1 Å². The van der Waals surface area contributed by atoms with Gasteiger partial charge in [-0.3, -0.25) is 5.32 Å². The van der Waals surface area contributed by atoms with Crippen LogP contribution in [0.15, 0.2) is 0 Å². The normalized spacial score (nSPS) is 10.3. The molecule has 0 rings (SSSR count). The van der Waals surface area contributed by atoms with E-state index in [1.165, 1.54) is 0 Å². The van der Waals surface area contributed by atoms with E-state index < -0.39 is 6.03 Å². The lowest BCUT2D eigenvalue weighted by Gasteiger charge is -2.32. The molecule has 0 fully saturated rings. The van der Waals surface area contributed by atoms with Crippen LogP contribution in [0.5, 0.6) is 0 Å². The Morgan fingerprint density at radius 1 is 1.31 bits per heavy atom. The van der Waals surface area contributed by atoms with Gasteiger partial charge in [0.15, 0.2) is 5.11 Å². The Balaban J connectivity index is 4.38. The Morgan fingerprint density at radius 3 is 1.92 bits per heavy atom. The van der Waals surface area contributed by atoms with E-state index in [1.54, 1.807) is 0 Å². The van der Waals surface area contributed by atoms with Crippen molar-refractivity contribution in [2.24, 2.45) is 5.73 Å². The largest absolute Gasteiger partial charge is 0.351 e. The molecule has 0 unspecified atom stereocenters. The fraction of sp³-hybridized carbons (Fsp3) is 0.750. The van der Waals surface area contributed by atoms with Gasteiger partial charge in [0.2, 0.25) is 0 Å². The minimum absolute atomic E-state index is 0.249. The number of hydrogen-bond donors (Lipinski definition) is 2. The Kier molecular flexibility index (Phi) is 4.69. The third kappa shape index (κ3) is 4.07. The van der Waals surface area contributed by atoms with Crippen molar-refractivity contribution in [1.29, 1.82) is 0 Å². The highest BCUT2D eigenvalue weighted by atomic mass is 32.1. The van der Waals surface area contributed by atoms with Gasteiger partial charge in [-0.2, -0.15) is 0 Å². The zero-order valence-electron chi connectivity index (χ0n) is 8.50. The van der Waals surface area contributed by atoms with Gasteiger partial charge in [-0.25, -0.2) is 4.79 Å². The fourth-order valence-electron chi connectivity index (χ4n) is 1.24. The van der Waals surface area contributed by atoms with E-state index in [0.717, 1.165) is 0 Å². The molecule has 0 bridgehead atoms. The first-order valence-electron chi connectivity index (χ1n) is 4.25. The van der Waals surface area contributed by atoms with Crippen molar-refractivity contribution in [1.82, 2.24) is 10.2 Å². The number of nitrogens with zero attached hydrogens (tertiary/aromatic N) is 1. The highest BCUT2D eigenvalue weighted by molar-refractivity contribution is 7.80. The van der Waals surface area contributed by atoms with E-state index in [4.69, 9.17) is 18.0 Å². The van der Waals surface area contributed by atoms with Crippen LogP contribution in [0.1, 0.15) is 27.7 Å². The smallest absolute Gasteiger partial charge is 0.318 e. The first-order valence-corrected chi connectivity index (χ1v) is 4.65. The molecule has 0 aromatic heterocycles. The van der Waals surface area contributed by atoms with Gasteiger partial charge in [-0.15, -0.1) is 0 Å². The van der Waals surface area contributed by atoms with Crippen molar-refractivity contribution in [3.63, 3.8) is 0 Å². The average molecular weight is 203 g/mol. The first-order chi connectivity index (χ1) is 5.86. The number of carbonyl (C=O) groups is 1. The van der Waals surface area contributed by atoms with E-state index >= 15 is 0 Å². The fourth-order valence-corrected chi connectivity index (χ4v) is 1.76. The molecule has 0 saturated carbocycles. The number of amides is 2. The molecule has 0 saturated heterocycles. The number of nitrogens with two attached hydrogens (primary N) is 1. The van der Waals surface area contributed by atoms with Crippen molar-refractivity contribution in [3.05, 3.63) is 0 Å². The van der Waals surface area contributed by atoms with Crippen molar-refractivity contribution in [2.45, 2.75) is 39.8 Å². The molecule has 0 aliphatic heterocycles. The van der Waals surface area contributed by atoms with Gasteiger partial charge in [0.05, 0.1) is 0 Å². The van der Waals surface area contributed by atoms with Gasteiger partial charge >= 0.3 is 6.03 Å². The predicted octanol–water partition coefficient (Wildman–Crippen LogP) is 1.06. The summed E-state index contributed by atoms with van der Waals surface area (Å²) in [5.41, 5.74) is 4.97. The number of primary amides is 1. The molecule has 76 valence electrons. The minimum atomic E-state index is -0.615.